The Hall–Kier alpha value is -0.0400. The fourth-order valence-electron chi connectivity index (χ4n) is 5.84. The van der Waals surface area contributed by atoms with Crippen LogP contribution in [0.2, 0.25) is 0 Å². The van der Waals surface area contributed by atoms with Crippen LogP contribution in [0.3, 0.4) is 0 Å². The predicted molar refractivity (Wildman–Crippen MR) is 82.1 cm³/mol. The molecule has 1 heteroatoms. The van der Waals surface area contributed by atoms with Crippen LogP contribution in [0.5, 0.6) is 0 Å². The molecule has 0 aliphatic heterocycles. The Morgan fingerprint density at radius 2 is 1.89 bits per heavy atom. The summed E-state index contributed by atoms with van der Waals surface area (Å²) in [4.78, 5) is 0. The molecular weight excluding hydrogens is 230 g/mol. The lowest BCUT2D eigenvalue weighted by Gasteiger charge is -2.44. The van der Waals surface area contributed by atoms with E-state index in [1.54, 1.807) is 0 Å². The van der Waals surface area contributed by atoms with Gasteiger partial charge in [0.05, 0.1) is 0 Å². The summed E-state index contributed by atoms with van der Waals surface area (Å²) >= 11 is 0. The van der Waals surface area contributed by atoms with Crippen molar-refractivity contribution < 1.29 is 0 Å². The van der Waals surface area contributed by atoms with Crippen LogP contribution in [0.15, 0.2) is 0 Å². The third kappa shape index (κ3) is 2.37. The molecule has 0 amide bonds. The Morgan fingerprint density at radius 1 is 1.11 bits per heavy atom. The summed E-state index contributed by atoms with van der Waals surface area (Å²) in [6.07, 6.45) is 10.2. The summed E-state index contributed by atoms with van der Waals surface area (Å²) < 4.78 is 0. The maximum Gasteiger partial charge on any atom is 0.0175 e. The van der Waals surface area contributed by atoms with E-state index in [-0.39, 0.29) is 0 Å². The van der Waals surface area contributed by atoms with Crippen molar-refractivity contribution in [2.75, 3.05) is 6.54 Å². The second-order valence-electron chi connectivity index (χ2n) is 8.89. The highest BCUT2D eigenvalue weighted by Gasteiger charge is 2.58. The van der Waals surface area contributed by atoms with Gasteiger partial charge in [0, 0.05) is 6.04 Å². The van der Waals surface area contributed by atoms with E-state index in [0.717, 1.165) is 23.8 Å². The Labute approximate surface area is 119 Å². The molecule has 0 radical (unpaired) electrons. The third-order valence-electron chi connectivity index (χ3n) is 6.93. The third-order valence-corrected chi connectivity index (χ3v) is 6.93. The molecule has 5 atom stereocenters. The highest BCUT2D eigenvalue weighted by molar-refractivity contribution is 5.12. The summed E-state index contributed by atoms with van der Waals surface area (Å²) in [6.45, 7) is 11.3. The summed E-state index contributed by atoms with van der Waals surface area (Å²) in [5, 5.41) is 4.03. The van der Waals surface area contributed by atoms with Gasteiger partial charge in [0.2, 0.25) is 0 Å². The van der Waals surface area contributed by atoms with Crippen LogP contribution in [-0.2, 0) is 0 Å². The van der Waals surface area contributed by atoms with Gasteiger partial charge >= 0.3 is 0 Å². The van der Waals surface area contributed by atoms with E-state index >= 15 is 0 Å². The van der Waals surface area contributed by atoms with Gasteiger partial charge in [-0.05, 0) is 67.2 Å². The summed E-state index contributed by atoms with van der Waals surface area (Å²) in [5.41, 5.74) is 1.11. The van der Waals surface area contributed by atoms with Crippen molar-refractivity contribution in [2.45, 2.75) is 78.7 Å². The van der Waals surface area contributed by atoms with Gasteiger partial charge in [-0.25, -0.2) is 0 Å². The molecule has 1 N–H and O–H groups in total. The molecule has 0 aromatic rings. The van der Waals surface area contributed by atoms with Crippen LogP contribution in [0.25, 0.3) is 0 Å². The molecular formula is C18H33N. The van der Waals surface area contributed by atoms with E-state index in [1.807, 2.05) is 0 Å². The Bertz CT molecular complexity index is 330. The van der Waals surface area contributed by atoms with Gasteiger partial charge in [0.15, 0.2) is 0 Å². The Morgan fingerprint density at radius 3 is 2.53 bits per heavy atom. The van der Waals surface area contributed by atoms with E-state index in [9.17, 15) is 0 Å². The maximum atomic E-state index is 4.03. The minimum atomic E-state index is 0.521. The van der Waals surface area contributed by atoms with Gasteiger partial charge < -0.3 is 5.32 Å². The van der Waals surface area contributed by atoms with Crippen molar-refractivity contribution in [3.63, 3.8) is 0 Å². The number of hydrogen-bond acceptors (Lipinski definition) is 1. The fraction of sp³-hybridized carbons (Fsp3) is 1.00. The lowest BCUT2D eigenvalue weighted by molar-refractivity contribution is 0.101. The van der Waals surface area contributed by atoms with E-state index in [1.165, 1.54) is 51.5 Å². The number of rotatable bonds is 3. The number of nitrogens with one attached hydrogen (secondary N) is 1. The summed E-state index contributed by atoms with van der Waals surface area (Å²) in [5.74, 6) is 2.88. The summed E-state index contributed by atoms with van der Waals surface area (Å²) in [6, 6.07) is 0.760. The molecule has 3 saturated carbocycles. The van der Waals surface area contributed by atoms with Crippen LogP contribution < -0.4 is 5.32 Å². The average Bonchev–Trinajstić information content (AvgIpc) is 2.80. The van der Waals surface area contributed by atoms with Crippen molar-refractivity contribution >= 4 is 0 Å². The van der Waals surface area contributed by atoms with E-state index in [4.69, 9.17) is 0 Å². The zero-order valence-corrected chi connectivity index (χ0v) is 13.5. The van der Waals surface area contributed by atoms with E-state index in [2.05, 4.69) is 33.0 Å². The molecule has 3 aliphatic rings. The smallest absolute Gasteiger partial charge is 0.0175 e. The quantitative estimate of drug-likeness (QED) is 0.783. The largest absolute Gasteiger partial charge is 0.313 e. The van der Waals surface area contributed by atoms with E-state index in [0.29, 0.717) is 10.8 Å². The first-order valence-corrected chi connectivity index (χ1v) is 8.65. The normalized spacial score (nSPS) is 48.6. The van der Waals surface area contributed by atoms with Crippen LogP contribution in [0.4, 0.5) is 0 Å². The molecule has 2 bridgehead atoms. The maximum absolute atomic E-state index is 4.03. The molecule has 19 heavy (non-hydrogen) atoms. The topological polar surface area (TPSA) is 12.0 Å². The van der Waals surface area contributed by atoms with Gasteiger partial charge in [-0.2, -0.15) is 0 Å². The molecule has 3 aliphatic carbocycles. The van der Waals surface area contributed by atoms with Crippen molar-refractivity contribution in [3.8, 4) is 0 Å². The van der Waals surface area contributed by atoms with Crippen LogP contribution in [0.1, 0.15) is 72.6 Å². The zero-order valence-electron chi connectivity index (χ0n) is 13.5. The van der Waals surface area contributed by atoms with E-state index < -0.39 is 0 Å². The van der Waals surface area contributed by atoms with Crippen LogP contribution in [0, 0.1) is 28.6 Å². The predicted octanol–water partition coefficient (Wildman–Crippen LogP) is 4.62. The molecule has 0 aromatic heterocycles. The summed E-state index contributed by atoms with van der Waals surface area (Å²) in [7, 11) is 0. The highest BCUT2D eigenvalue weighted by atomic mass is 15.0. The molecule has 0 saturated heterocycles. The molecule has 3 rings (SSSR count). The van der Waals surface area contributed by atoms with Gasteiger partial charge in [-0.1, -0.05) is 40.5 Å². The molecule has 0 aromatic carbocycles. The first-order valence-electron chi connectivity index (χ1n) is 8.65. The lowest BCUT2D eigenvalue weighted by atomic mass is 9.68. The van der Waals surface area contributed by atoms with Crippen molar-refractivity contribution in [1.29, 1.82) is 0 Å². The first-order chi connectivity index (χ1) is 8.92. The van der Waals surface area contributed by atoms with Crippen molar-refractivity contribution in [1.82, 2.24) is 5.32 Å². The standard InChI is InChI=1S/C18H33N/c1-13-6-5-7-14(10-13)12-19-16-17(2,3)15-8-9-18(16,4)11-15/h13-16,19H,5-12H2,1-4H3. The second-order valence-corrected chi connectivity index (χ2v) is 8.89. The second kappa shape index (κ2) is 4.76. The lowest BCUT2D eigenvalue weighted by Crippen LogP contribution is -2.51. The zero-order chi connectivity index (χ0) is 13.7. The number of fused-ring (bicyclic) bond motifs is 2. The van der Waals surface area contributed by atoms with Gasteiger partial charge in [-0.3, -0.25) is 0 Å². The highest BCUT2D eigenvalue weighted by Crippen LogP contribution is 2.62. The monoisotopic (exact) mass is 263 g/mol. The van der Waals surface area contributed by atoms with Gasteiger partial charge in [-0.15, -0.1) is 0 Å². The fourth-order valence-corrected chi connectivity index (χ4v) is 5.84. The Balaban J connectivity index is 1.60. The minimum absolute atomic E-state index is 0.521. The average molecular weight is 263 g/mol. The molecule has 0 spiro atoms. The molecule has 5 unspecified atom stereocenters. The minimum Gasteiger partial charge on any atom is -0.313 e. The van der Waals surface area contributed by atoms with Crippen molar-refractivity contribution in [3.05, 3.63) is 0 Å². The number of hydrogen-bond donors (Lipinski definition) is 1. The van der Waals surface area contributed by atoms with Crippen LogP contribution in [-0.4, -0.2) is 12.6 Å². The van der Waals surface area contributed by atoms with Gasteiger partial charge in [0.1, 0.15) is 0 Å². The SMILES string of the molecule is CC1CCCC(CNC2C3(C)CCC(C3)C2(C)C)C1. The Kier molecular flexibility index (Phi) is 3.48. The molecule has 0 heterocycles. The molecule has 1 nitrogen and oxygen atoms in total. The van der Waals surface area contributed by atoms with Crippen molar-refractivity contribution in [2.24, 2.45) is 28.6 Å². The molecule has 3 fully saturated rings. The first kappa shape index (κ1) is 13.9. The van der Waals surface area contributed by atoms with Crippen LogP contribution >= 0.6 is 0 Å². The van der Waals surface area contributed by atoms with Gasteiger partial charge in [0.25, 0.3) is 0 Å². The molecule has 110 valence electrons.